The minimum atomic E-state index is -0.0191. The molecule has 0 aromatic heterocycles. The van der Waals surface area contributed by atoms with Gasteiger partial charge in [-0.2, -0.15) is 0 Å². The lowest BCUT2D eigenvalue weighted by atomic mass is 10.3. The molecule has 0 heterocycles. The summed E-state index contributed by atoms with van der Waals surface area (Å²) in [5.74, 6) is -0.0191. The molecule has 0 aromatic rings. The fourth-order valence-corrected chi connectivity index (χ4v) is 0.882. The molecule has 0 spiro atoms. The fraction of sp³-hybridized carbons (Fsp3) is 0.750. The Morgan fingerprint density at radius 2 is 1.85 bits per heavy atom. The van der Waals surface area contributed by atoms with Crippen LogP contribution in [-0.4, -0.2) is 54.9 Å². The normalized spacial score (nSPS) is 10.2. The smallest absolute Gasteiger partial charge is 0.229 e. The van der Waals surface area contributed by atoms with Gasteiger partial charge in [0, 0.05) is 20.1 Å². The average Bonchev–Trinajstić information content (AvgIpc) is 1.98. The first-order chi connectivity index (χ1) is 5.93. The quantitative estimate of drug-likeness (QED) is 0.622. The van der Waals surface area contributed by atoms with Crippen LogP contribution in [0, 0.1) is 0 Å². The van der Waals surface area contributed by atoms with E-state index in [1.807, 2.05) is 19.0 Å². The second-order valence-electron chi connectivity index (χ2n) is 3.26. The van der Waals surface area contributed by atoms with Gasteiger partial charge in [-0.1, -0.05) is 12.2 Å². The average molecular weight is 203 g/mol. The Morgan fingerprint density at radius 3 is 2.23 bits per heavy atom. The zero-order valence-corrected chi connectivity index (χ0v) is 9.23. The van der Waals surface area contributed by atoms with Gasteiger partial charge in [0.25, 0.3) is 0 Å². The number of hydrogen-bond donors (Lipinski definition) is 1. The van der Waals surface area contributed by atoms with Gasteiger partial charge in [-0.15, -0.1) is 0 Å². The van der Waals surface area contributed by atoms with Crippen LogP contribution in [-0.2, 0) is 4.79 Å². The van der Waals surface area contributed by atoms with Gasteiger partial charge in [-0.3, -0.25) is 4.79 Å². The summed E-state index contributed by atoms with van der Waals surface area (Å²) < 4.78 is 0. The first kappa shape index (κ1) is 12.3. The first-order valence-corrected chi connectivity index (χ1v) is 4.51. The van der Waals surface area contributed by atoms with E-state index in [9.17, 15) is 4.79 Å². The maximum absolute atomic E-state index is 11.3. The van der Waals surface area contributed by atoms with Crippen LogP contribution < -0.4 is 5.73 Å². The Labute approximate surface area is 84.7 Å². The van der Waals surface area contributed by atoms with Crippen molar-refractivity contribution >= 4 is 23.1 Å². The predicted octanol–water partition coefficient (Wildman–Crippen LogP) is -0.317. The van der Waals surface area contributed by atoms with E-state index in [1.54, 1.807) is 11.9 Å². The van der Waals surface area contributed by atoms with Gasteiger partial charge in [-0.25, -0.2) is 0 Å². The molecule has 4 nitrogen and oxygen atoms in total. The third-order valence-electron chi connectivity index (χ3n) is 1.63. The molecular formula is C8H17N3OS. The molecule has 13 heavy (non-hydrogen) atoms. The maximum Gasteiger partial charge on any atom is 0.229 e. The van der Waals surface area contributed by atoms with Crippen molar-refractivity contribution in [2.45, 2.75) is 6.42 Å². The minimum Gasteiger partial charge on any atom is -0.393 e. The van der Waals surface area contributed by atoms with Crippen molar-refractivity contribution in [1.82, 2.24) is 9.80 Å². The lowest BCUT2D eigenvalue weighted by Gasteiger charge is -2.19. The van der Waals surface area contributed by atoms with Crippen molar-refractivity contribution < 1.29 is 4.79 Å². The summed E-state index contributed by atoms with van der Waals surface area (Å²) in [6.45, 7) is 1.55. The monoisotopic (exact) mass is 203 g/mol. The van der Waals surface area contributed by atoms with Crippen LogP contribution in [0.25, 0.3) is 0 Å². The molecule has 1 amide bonds. The molecule has 76 valence electrons. The number of rotatable bonds is 5. The van der Waals surface area contributed by atoms with E-state index in [-0.39, 0.29) is 17.3 Å². The molecule has 0 saturated heterocycles. The van der Waals surface area contributed by atoms with Gasteiger partial charge >= 0.3 is 0 Å². The molecular weight excluding hydrogens is 186 g/mol. The van der Waals surface area contributed by atoms with Gasteiger partial charge in [0.15, 0.2) is 0 Å². The molecule has 0 unspecified atom stereocenters. The second kappa shape index (κ2) is 5.88. The second-order valence-corrected chi connectivity index (χ2v) is 3.79. The third kappa shape index (κ3) is 6.48. The van der Waals surface area contributed by atoms with E-state index in [4.69, 9.17) is 5.73 Å². The van der Waals surface area contributed by atoms with E-state index in [0.29, 0.717) is 6.54 Å². The van der Waals surface area contributed by atoms with E-state index in [0.717, 1.165) is 6.54 Å². The van der Waals surface area contributed by atoms with Crippen LogP contribution in [0.2, 0.25) is 0 Å². The number of carbonyl (C=O) groups is 1. The number of amides is 1. The molecule has 0 rings (SSSR count). The highest BCUT2D eigenvalue weighted by molar-refractivity contribution is 7.80. The maximum atomic E-state index is 11.3. The number of nitrogens with two attached hydrogens (primary N) is 1. The summed E-state index contributed by atoms with van der Waals surface area (Å²) in [6.07, 6.45) is 0.166. The van der Waals surface area contributed by atoms with Gasteiger partial charge in [0.1, 0.15) is 0 Å². The zero-order chi connectivity index (χ0) is 10.4. The van der Waals surface area contributed by atoms with Crippen molar-refractivity contribution in [2.24, 2.45) is 5.73 Å². The fourth-order valence-electron chi connectivity index (χ4n) is 0.759. The lowest BCUT2D eigenvalue weighted by Crippen LogP contribution is -2.35. The van der Waals surface area contributed by atoms with Crippen molar-refractivity contribution in [1.29, 1.82) is 0 Å². The van der Waals surface area contributed by atoms with Crippen molar-refractivity contribution in [2.75, 3.05) is 34.2 Å². The lowest BCUT2D eigenvalue weighted by molar-refractivity contribution is -0.128. The molecule has 0 aromatic carbocycles. The number of hydrogen-bond acceptors (Lipinski definition) is 3. The standard InChI is InChI=1S/C8H17N3OS/c1-10(2)4-5-11(3)8(12)6-7(9)13/h4-6H2,1-3H3,(H2,9,13). The highest BCUT2D eigenvalue weighted by Crippen LogP contribution is 1.91. The Hall–Kier alpha value is -0.680. The summed E-state index contributed by atoms with van der Waals surface area (Å²) in [5.41, 5.74) is 5.26. The molecule has 0 radical (unpaired) electrons. The largest absolute Gasteiger partial charge is 0.393 e. The van der Waals surface area contributed by atoms with Crippen LogP contribution in [0.5, 0.6) is 0 Å². The predicted molar refractivity (Wildman–Crippen MR) is 57.6 cm³/mol. The van der Waals surface area contributed by atoms with Crippen molar-refractivity contribution in [3.63, 3.8) is 0 Å². The number of thiocarbonyl (C=S) groups is 1. The highest BCUT2D eigenvalue weighted by Gasteiger charge is 2.09. The van der Waals surface area contributed by atoms with Gasteiger partial charge < -0.3 is 15.5 Å². The molecule has 0 saturated carbocycles. The SMILES string of the molecule is CN(C)CCN(C)C(=O)CC(N)=S. The van der Waals surface area contributed by atoms with Crippen molar-refractivity contribution in [3.05, 3.63) is 0 Å². The Bertz CT molecular complexity index is 194. The summed E-state index contributed by atoms with van der Waals surface area (Å²) >= 11 is 4.65. The van der Waals surface area contributed by atoms with Crippen LogP contribution in [0.1, 0.15) is 6.42 Å². The van der Waals surface area contributed by atoms with E-state index < -0.39 is 0 Å². The number of likely N-dealkylation sites (N-methyl/N-ethyl adjacent to an activating group) is 2. The molecule has 0 atom stereocenters. The number of carbonyl (C=O) groups excluding carboxylic acids is 1. The van der Waals surface area contributed by atoms with Crippen LogP contribution in [0.4, 0.5) is 0 Å². The summed E-state index contributed by atoms with van der Waals surface area (Å²) in [4.78, 5) is 15.2. The molecule has 0 aliphatic heterocycles. The number of nitrogens with zero attached hydrogens (tertiary/aromatic N) is 2. The Balaban J connectivity index is 3.76. The molecule has 2 N–H and O–H groups in total. The topological polar surface area (TPSA) is 49.6 Å². The van der Waals surface area contributed by atoms with Crippen molar-refractivity contribution in [3.8, 4) is 0 Å². The third-order valence-corrected chi connectivity index (χ3v) is 1.78. The van der Waals surface area contributed by atoms with Crippen LogP contribution in [0.15, 0.2) is 0 Å². The summed E-state index contributed by atoms with van der Waals surface area (Å²) in [5, 5.41) is 0. The minimum absolute atomic E-state index is 0.0191. The first-order valence-electron chi connectivity index (χ1n) is 4.10. The Kier molecular flexibility index (Phi) is 5.57. The summed E-state index contributed by atoms with van der Waals surface area (Å²) in [7, 11) is 5.68. The highest BCUT2D eigenvalue weighted by atomic mass is 32.1. The van der Waals surface area contributed by atoms with E-state index in [2.05, 4.69) is 12.2 Å². The summed E-state index contributed by atoms with van der Waals surface area (Å²) in [6, 6.07) is 0. The molecule has 0 aliphatic rings. The molecule has 5 heteroatoms. The van der Waals surface area contributed by atoms with Crippen LogP contribution >= 0.6 is 12.2 Å². The zero-order valence-electron chi connectivity index (χ0n) is 8.41. The van der Waals surface area contributed by atoms with E-state index >= 15 is 0 Å². The van der Waals surface area contributed by atoms with Gasteiger partial charge in [0.05, 0.1) is 11.4 Å². The molecule has 0 bridgehead atoms. The van der Waals surface area contributed by atoms with E-state index in [1.165, 1.54) is 0 Å². The van der Waals surface area contributed by atoms with Gasteiger partial charge in [0.2, 0.25) is 5.91 Å². The van der Waals surface area contributed by atoms with Crippen LogP contribution in [0.3, 0.4) is 0 Å². The van der Waals surface area contributed by atoms with Gasteiger partial charge in [-0.05, 0) is 14.1 Å². The Morgan fingerprint density at radius 1 is 1.31 bits per heavy atom. The molecule has 0 aliphatic carbocycles. The molecule has 0 fully saturated rings.